The summed E-state index contributed by atoms with van der Waals surface area (Å²) in [6.07, 6.45) is 1.53. The second-order valence-electron chi connectivity index (χ2n) is 4.43. The SMILES string of the molecule is O=C1CSC(=NN=Cc2cccc(OC(=O)c3cccs3)c2)N1. The van der Waals surface area contributed by atoms with Gasteiger partial charge in [0.25, 0.3) is 0 Å². The smallest absolute Gasteiger partial charge is 0.353 e. The molecular weight excluding hydrogens is 334 g/mol. The lowest BCUT2D eigenvalue weighted by Crippen LogP contribution is -2.19. The van der Waals surface area contributed by atoms with Gasteiger partial charge in [-0.15, -0.1) is 16.4 Å². The molecule has 0 bridgehead atoms. The highest BCUT2D eigenvalue weighted by Gasteiger charge is 2.15. The van der Waals surface area contributed by atoms with Gasteiger partial charge < -0.3 is 10.1 Å². The van der Waals surface area contributed by atoms with Crippen molar-refractivity contribution < 1.29 is 14.3 Å². The molecule has 0 unspecified atom stereocenters. The maximum atomic E-state index is 11.9. The molecule has 1 saturated heterocycles. The first-order valence-corrected chi connectivity index (χ1v) is 8.47. The van der Waals surface area contributed by atoms with Crippen molar-refractivity contribution in [3.63, 3.8) is 0 Å². The quantitative estimate of drug-likeness (QED) is 0.400. The van der Waals surface area contributed by atoms with Crippen molar-refractivity contribution in [2.45, 2.75) is 0 Å². The van der Waals surface area contributed by atoms with Crippen molar-refractivity contribution in [1.82, 2.24) is 5.32 Å². The van der Waals surface area contributed by atoms with Gasteiger partial charge in [0, 0.05) is 0 Å². The number of carbonyl (C=O) groups is 2. The highest BCUT2D eigenvalue weighted by Crippen LogP contribution is 2.16. The number of esters is 1. The van der Waals surface area contributed by atoms with Crippen LogP contribution >= 0.6 is 23.1 Å². The summed E-state index contributed by atoms with van der Waals surface area (Å²) in [6.45, 7) is 0. The molecule has 1 fully saturated rings. The summed E-state index contributed by atoms with van der Waals surface area (Å²) in [4.78, 5) is 23.5. The molecule has 3 rings (SSSR count). The van der Waals surface area contributed by atoms with E-state index in [1.165, 1.54) is 29.3 Å². The first kappa shape index (κ1) is 15.4. The first-order valence-electron chi connectivity index (χ1n) is 6.60. The topological polar surface area (TPSA) is 80.1 Å². The summed E-state index contributed by atoms with van der Waals surface area (Å²) in [5.41, 5.74) is 0.736. The summed E-state index contributed by atoms with van der Waals surface area (Å²) in [5, 5.41) is 12.7. The number of amides is 1. The van der Waals surface area contributed by atoms with Crippen LogP contribution in [0.25, 0.3) is 0 Å². The van der Waals surface area contributed by atoms with Gasteiger partial charge in [-0.25, -0.2) is 4.79 Å². The van der Waals surface area contributed by atoms with Gasteiger partial charge in [0.1, 0.15) is 10.6 Å². The van der Waals surface area contributed by atoms with Crippen LogP contribution in [-0.4, -0.2) is 29.0 Å². The van der Waals surface area contributed by atoms with Crippen molar-refractivity contribution in [2.24, 2.45) is 10.2 Å². The zero-order valence-corrected chi connectivity index (χ0v) is 13.4. The number of carbonyl (C=O) groups excluding carboxylic acids is 2. The molecule has 0 spiro atoms. The molecule has 2 aromatic rings. The fourth-order valence-electron chi connectivity index (χ4n) is 1.74. The Morgan fingerprint density at radius 2 is 2.22 bits per heavy atom. The number of ether oxygens (including phenoxy) is 1. The molecule has 116 valence electrons. The predicted molar refractivity (Wildman–Crippen MR) is 91.3 cm³/mol. The van der Waals surface area contributed by atoms with E-state index in [2.05, 4.69) is 15.5 Å². The number of thiophene rings is 1. The summed E-state index contributed by atoms with van der Waals surface area (Å²) in [5.74, 6) is 0.331. The predicted octanol–water partition coefficient (Wildman–Crippen LogP) is 2.52. The molecule has 1 aromatic carbocycles. The number of nitrogens with one attached hydrogen (secondary N) is 1. The lowest BCUT2D eigenvalue weighted by molar-refractivity contribution is -0.116. The van der Waals surface area contributed by atoms with Crippen LogP contribution in [0.2, 0.25) is 0 Å². The standard InChI is InChI=1S/C15H11N3O3S2/c19-13-9-23-15(17-13)18-16-8-10-3-1-4-11(7-10)21-14(20)12-5-2-6-22-12/h1-8H,9H2,(H,17,18,19). The van der Waals surface area contributed by atoms with Gasteiger partial charge in [0.15, 0.2) is 5.17 Å². The molecule has 1 aliphatic heterocycles. The second kappa shape index (κ2) is 7.21. The fourth-order valence-corrected chi connectivity index (χ4v) is 2.97. The highest BCUT2D eigenvalue weighted by molar-refractivity contribution is 8.15. The molecule has 6 nitrogen and oxygen atoms in total. The van der Waals surface area contributed by atoms with Gasteiger partial charge in [0.05, 0.1) is 12.0 Å². The lowest BCUT2D eigenvalue weighted by Gasteiger charge is -2.03. The van der Waals surface area contributed by atoms with E-state index < -0.39 is 0 Å². The van der Waals surface area contributed by atoms with Crippen molar-refractivity contribution in [3.8, 4) is 5.75 Å². The van der Waals surface area contributed by atoms with Crippen molar-refractivity contribution in [1.29, 1.82) is 0 Å². The molecular formula is C15H11N3O3S2. The number of hydrogen-bond acceptors (Lipinski definition) is 7. The average Bonchev–Trinajstić information content (AvgIpc) is 3.19. The van der Waals surface area contributed by atoms with E-state index >= 15 is 0 Å². The van der Waals surface area contributed by atoms with E-state index in [1.54, 1.807) is 30.3 Å². The van der Waals surface area contributed by atoms with Crippen LogP contribution in [0.1, 0.15) is 15.2 Å². The number of benzene rings is 1. The Labute approximate surface area is 140 Å². The molecule has 1 aromatic heterocycles. The maximum Gasteiger partial charge on any atom is 0.353 e. The molecule has 0 aliphatic carbocycles. The number of nitrogens with zero attached hydrogens (tertiary/aromatic N) is 2. The molecule has 1 amide bonds. The Morgan fingerprint density at radius 1 is 1.30 bits per heavy atom. The highest BCUT2D eigenvalue weighted by atomic mass is 32.2. The Hall–Kier alpha value is -2.45. The molecule has 1 N–H and O–H groups in total. The third-order valence-electron chi connectivity index (χ3n) is 2.73. The lowest BCUT2D eigenvalue weighted by atomic mass is 10.2. The summed E-state index contributed by atoms with van der Waals surface area (Å²) in [6, 6.07) is 10.5. The van der Waals surface area contributed by atoms with Gasteiger partial charge in [-0.05, 0) is 29.1 Å². The van der Waals surface area contributed by atoms with Crippen LogP contribution in [0.5, 0.6) is 5.75 Å². The van der Waals surface area contributed by atoms with Gasteiger partial charge in [0.2, 0.25) is 5.91 Å². The van der Waals surface area contributed by atoms with E-state index in [4.69, 9.17) is 4.74 Å². The molecule has 0 atom stereocenters. The van der Waals surface area contributed by atoms with E-state index in [0.29, 0.717) is 21.5 Å². The van der Waals surface area contributed by atoms with Crippen molar-refractivity contribution in [2.75, 3.05) is 5.75 Å². The second-order valence-corrected chi connectivity index (χ2v) is 6.34. The summed E-state index contributed by atoms with van der Waals surface area (Å²) >= 11 is 2.63. The van der Waals surface area contributed by atoms with E-state index in [-0.39, 0.29) is 11.9 Å². The summed E-state index contributed by atoms with van der Waals surface area (Å²) in [7, 11) is 0. The molecule has 1 aliphatic rings. The van der Waals surface area contributed by atoms with Crippen LogP contribution < -0.4 is 10.1 Å². The molecule has 0 radical (unpaired) electrons. The maximum absolute atomic E-state index is 11.9. The minimum absolute atomic E-state index is 0.0774. The van der Waals surface area contributed by atoms with Crippen LogP contribution in [0.3, 0.4) is 0 Å². The molecule has 2 heterocycles. The van der Waals surface area contributed by atoms with Crippen LogP contribution in [0.4, 0.5) is 0 Å². The van der Waals surface area contributed by atoms with E-state index in [0.717, 1.165) is 5.56 Å². The minimum atomic E-state index is -0.389. The zero-order valence-electron chi connectivity index (χ0n) is 11.8. The molecule has 8 heteroatoms. The first-order chi connectivity index (χ1) is 11.2. The number of rotatable bonds is 4. The van der Waals surface area contributed by atoms with Gasteiger partial charge >= 0.3 is 5.97 Å². The van der Waals surface area contributed by atoms with Crippen molar-refractivity contribution >= 4 is 46.4 Å². The number of amidine groups is 1. The third kappa shape index (κ3) is 4.27. The average molecular weight is 345 g/mol. The Kier molecular flexibility index (Phi) is 4.84. The van der Waals surface area contributed by atoms with Gasteiger partial charge in [-0.1, -0.05) is 30.0 Å². The molecule has 0 saturated carbocycles. The van der Waals surface area contributed by atoms with Crippen LogP contribution in [-0.2, 0) is 4.79 Å². The zero-order chi connectivity index (χ0) is 16.1. The normalized spacial score (nSPS) is 16.0. The van der Waals surface area contributed by atoms with E-state index in [9.17, 15) is 9.59 Å². The third-order valence-corrected chi connectivity index (χ3v) is 4.45. The number of thioether (sulfide) groups is 1. The van der Waals surface area contributed by atoms with E-state index in [1.807, 2.05) is 11.4 Å². The fraction of sp³-hybridized carbons (Fsp3) is 0.0667. The Bertz CT molecular complexity index is 785. The van der Waals surface area contributed by atoms with Gasteiger partial charge in [-0.3, -0.25) is 4.79 Å². The Morgan fingerprint density at radius 3 is 2.96 bits per heavy atom. The summed E-state index contributed by atoms with van der Waals surface area (Å²) < 4.78 is 5.31. The van der Waals surface area contributed by atoms with Crippen molar-refractivity contribution in [3.05, 3.63) is 52.2 Å². The Balaban J connectivity index is 1.65. The monoisotopic (exact) mass is 345 g/mol. The van der Waals surface area contributed by atoms with Crippen LogP contribution in [0.15, 0.2) is 52.0 Å². The number of hydrogen-bond donors (Lipinski definition) is 1. The van der Waals surface area contributed by atoms with Crippen LogP contribution in [0, 0.1) is 0 Å². The largest absolute Gasteiger partial charge is 0.422 e. The van der Waals surface area contributed by atoms with Gasteiger partial charge in [-0.2, -0.15) is 5.10 Å². The minimum Gasteiger partial charge on any atom is -0.422 e. The molecule has 23 heavy (non-hydrogen) atoms.